The number of rotatable bonds is 3. The summed E-state index contributed by atoms with van der Waals surface area (Å²) < 4.78 is 1.01. The Labute approximate surface area is 226 Å². The smallest absolute Gasteiger partial charge is 0.177 e. The monoisotopic (exact) mass is 585 g/mol. The zero-order chi connectivity index (χ0) is 24.7. The molecule has 3 unspecified atom stereocenters. The second kappa shape index (κ2) is 7.93. The predicted molar refractivity (Wildman–Crippen MR) is 145 cm³/mol. The summed E-state index contributed by atoms with van der Waals surface area (Å²) in [4.78, 5) is 17.1. The van der Waals surface area contributed by atoms with E-state index in [1.54, 1.807) is 0 Å². The minimum Gasteiger partial charge on any atom is -0.357 e. The minimum atomic E-state index is -1.37. The molecule has 4 saturated carbocycles. The van der Waals surface area contributed by atoms with E-state index in [9.17, 15) is 15.3 Å². The van der Waals surface area contributed by atoms with Gasteiger partial charge >= 0.3 is 0 Å². The molecule has 3 atom stereocenters. The van der Waals surface area contributed by atoms with E-state index < -0.39 is 23.4 Å². The van der Waals surface area contributed by atoms with Crippen molar-refractivity contribution in [1.29, 1.82) is 10.5 Å². The van der Waals surface area contributed by atoms with Gasteiger partial charge in [0.05, 0.1) is 24.2 Å². The summed E-state index contributed by atoms with van der Waals surface area (Å²) in [5.41, 5.74) is 1.27. The first kappa shape index (κ1) is 22.5. The molecule has 2 heterocycles. The van der Waals surface area contributed by atoms with Crippen molar-refractivity contribution in [2.45, 2.75) is 56.5 Å². The lowest BCUT2D eigenvalue weighted by Crippen LogP contribution is -2.55. The van der Waals surface area contributed by atoms with Crippen LogP contribution in [0.5, 0.6) is 0 Å². The summed E-state index contributed by atoms with van der Waals surface area (Å²) >= 11 is 2.31. The number of halogens is 1. The number of benzene rings is 2. The Balaban J connectivity index is 1.44. The van der Waals surface area contributed by atoms with Crippen LogP contribution in [0.3, 0.4) is 0 Å². The van der Waals surface area contributed by atoms with Gasteiger partial charge in [0, 0.05) is 21.1 Å². The molecule has 4 bridgehead atoms. The van der Waals surface area contributed by atoms with E-state index in [1.165, 1.54) is 19.3 Å². The molecule has 36 heavy (non-hydrogen) atoms. The lowest BCUT2D eigenvalue weighted by atomic mass is 9.47. The van der Waals surface area contributed by atoms with E-state index in [2.05, 4.69) is 45.7 Å². The zero-order valence-corrected chi connectivity index (χ0v) is 22.3. The Morgan fingerprint density at radius 3 is 2.08 bits per heavy atom. The summed E-state index contributed by atoms with van der Waals surface area (Å²) in [6, 6.07) is 20.1. The maximum atomic E-state index is 15.0. The molecule has 0 aromatic heterocycles. The predicted octanol–water partition coefficient (Wildman–Crippen LogP) is 6.60. The number of hydrogen-bond donors (Lipinski definition) is 0. The van der Waals surface area contributed by atoms with Crippen LogP contribution in [-0.4, -0.2) is 16.7 Å². The fourth-order valence-electron chi connectivity index (χ4n) is 9.09. The van der Waals surface area contributed by atoms with Gasteiger partial charge in [0.1, 0.15) is 0 Å². The van der Waals surface area contributed by atoms with Crippen molar-refractivity contribution in [3.63, 3.8) is 0 Å². The Morgan fingerprint density at radius 1 is 0.889 bits per heavy atom. The summed E-state index contributed by atoms with van der Waals surface area (Å²) in [6.45, 7) is 0. The van der Waals surface area contributed by atoms with Crippen LogP contribution in [0, 0.1) is 54.8 Å². The summed E-state index contributed by atoms with van der Waals surface area (Å²) in [7, 11) is 0. The summed E-state index contributed by atoms with van der Waals surface area (Å²) in [5, 5.41) is 21.6. The number of nitriles is 2. The standard InChI is InChI=1S/C31H28IN3O/c32-25-8-4-3-7-24(25)26-27(29(36)30-14-19-11-20(15-30)13-21(12-19)16-30)35-10-9-22-5-1-2-6-23(22)28(35)31(26,17-33)18-34/h1-10,19-21,26-28H,11-16H2. The van der Waals surface area contributed by atoms with Crippen LogP contribution in [0.1, 0.15) is 67.2 Å². The van der Waals surface area contributed by atoms with Gasteiger partial charge in [-0.1, -0.05) is 42.5 Å². The maximum Gasteiger partial charge on any atom is 0.177 e. The van der Waals surface area contributed by atoms with Crippen LogP contribution < -0.4 is 0 Å². The van der Waals surface area contributed by atoms with Gasteiger partial charge in [0.15, 0.2) is 11.2 Å². The molecule has 0 spiro atoms. The van der Waals surface area contributed by atoms with Crippen molar-refractivity contribution in [3.8, 4) is 12.1 Å². The van der Waals surface area contributed by atoms with Gasteiger partial charge in [-0.05, 0) is 108 Å². The molecular formula is C31H28IN3O. The zero-order valence-electron chi connectivity index (χ0n) is 20.1. The average Bonchev–Trinajstić information content (AvgIpc) is 3.18. The van der Waals surface area contributed by atoms with Crippen LogP contribution in [0.4, 0.5) is 0 Å². The number of hydrogen-bond acceptors (Lipinski definition) is 4. The van der Waals surface area contributed by atoms with E-state index in [-0.39, 0.29) is 11.2 Å². The highest BCUT2D eigenvalue weighted by Gasteiger charge is 2.67. The number of Topliss-reactive ketones (excluding diaryl/α,β-unsaturated/α-hetero) is 1. The van der Waals surface area contributed by atoms with Gasteiger partial charge in [-0.25, -0.2) is 0 Å². The highest BCUT2D eigenvalue weighted by Crippen LogP contribution is 2.65. The number of fused-ring (bicyclic) bond motifs is 3. The maximum absolute atomic E-state index is 15.0. The summed E-state index contributed by atoms with van der Waals surface area (Å²) in [5.74, 6) is 1.74. The van der Waals surface area contributed by atoms with Gasteiger partial charge in [-0.3, -0.25) is 4.79 Å². The van der Waals surface area contributed by atoms with E-state index in [0.29, 0.717) is 17.8 Å². The number of carbonyl (C=O) groups is 1. The van der Waals surface area contributed by atoms with Crippen molar-refractivity contribution < 1.29 is 4.79 Å². The molecule has 5 heteroatoms. The second-order valence-corrected chi connectivity index (χ2v) is 13.1. The molecule has 4 aliphatic carbocycles. The van der Waals surface area contributed by atoms with Crippen molar-refractivity contribution in [2.24, 2.45) is 28.6 Å². The van der Waals surface area contributed by atoms with Crippen LogP contribution in [0.25, 0.3) is 6.08 Å². The van der Waals surface area contributed by atoms with Crippen LogP contribution >= 0.6 is 22.6 Å². The second-order valence-electron chi connectivity index (χ2n) is 11.9. The van der Waals surface area contributed by atoms with E-state index in [0.717, 1.165) is 39.5 Å². The average molecular weight is 585 g/mol. The normalized spacial score (nSPS) is 36.6. The third kappa shape index (κ3) is 2.93. The Bertz CT molecular complexity index is 1330. The molecular weight excluding hydrogens is 557 g/mol. The van der Waals surface area contributed by atoms with Crippen LogP contribution in [0.2, 0.25) is 0 Å². The van der Waals surface area contributed by atoms with Crippen molar-refractivity contribution in [3.05, 3.63) is 75.0 Å². The molecule has 0 amide bonds. The lowest BCUT2D eigenvalue weighted by molar-refractivity contribution is -0.148. The Kier molecular flexibility index (Phi) is 4.97. The lowest BCUT2D eigenvalue weighted by Gasteiger charge is -2.57. The first-order chi connectivity index (χ1) is 17.5. The molecule has 5 fully saturated rings. The molecule has 2 aromatic carbocycles. The van der Waals surface area contributed by atoms with E-state index >= 15 is 0 Å². The minimum absolute atomic E-state index is 0.285. The first-order valence-corrected chi connectivity index (χ1v) is 14.2. The third-order valence-corrected chi connectivity index (χ3v) is 11.0. The van der Waals surface area contributed by atoms with Crippen molar-refractivity contribution in [2.75, 3.05) is 0 Å². The first-order valence-electron chi connectivity index (χ1n) is 13.2. The molecule has 180 valence electrons. The molecule has 6 aliphatic rings. The molecule has 2 aliphatic heterocycles. The highest BCUT2D eigenvalue weighted by molar-refractivity contribution is 14.1. The third-order valence-electron chi connectivity index (χ3n) is 10.0. The van der Waals surface area contributed by atoms with Crippen molar-refractivity contribution in [1.82, 2.24) is 4.90 Å². The van der Waals surface area contributed by atoms with E-state index in [4.69, 9.17) is 0 Å². The summed E-state index contributed by atoms with van der Waals surface area (Å²) in [6.07, 6.45) is 10.8. The molecule has 0 radical (unpaired) electrons. The highest BCUT2D eigenvalue weighted by atomic mass is 127. The molecule has 0 N–H and O–H groups in total. The molecule has 2 aromatic rings. The molecule has 4 nitrogen and oxygen atoms in total. The quantitative estimate of drug-likeness (QED) is 0.381. The topological polar surface area (TPSA) is 67.9 Å². The van der Waals surface area contributed by atoms with Crippen molar-refractivity contribution >= 4 is 34.5 Å². The molecule has 1 saturated heterocycles. The number of ketones is 1. The van der Waals surface area contributed by atoms with Gasteiger partial charge < -0.3 is 4.90 Å². The SMILES string of the molecule is N#CC1(C#N)C(c2ccccc2I)C(C(=O)C23CC4CC(CC(C4)C2)C3)N2C=Cc3ccccc3C21. The largest absolute Gasteiger partial charge is 0.357 e. The van der Waals surface area contributed by atoms with Gasteiger partial charge in [0.25, 0.3) is 0 Å². The Hall–Kier alpha value is -2.64. The fraction of sp³-hybridized carbons (Fsp3) is 0.452. The van der Waals surface area contributed by atoms with Crippen LogP contribution in [0.15, 0.2) is 54.7 Å². The number of nitrogens with zero attached hydrogens (tertiary/aromatic N) is 3. The van der Waals surface area contributed by atoms with E-state index in [1.807, 2.05) is 54.7 Å². The van der Waals surface area contributed by atoms with Gasteiger partial charge in [0.2, 0.25) is 0 Å². The van der Waals surface area contributed by atoms with Gasteiger partial charge in [-0.15, -0.1) is 0 Å². The Morgan fingerprint density at radius 2 is 1.47 bits per heavy atom. The fourth-order valence-corrected chi connectivity index (χ4v) is 9.81. The van der Waals surface area contributed by atoms with Crippen LogP contribution in [-0.2, 0) is 4.79 Å². The molecule has 8 rings (SSSR count). The van der Waals surface area contributed by atoms with Gasteiger partial charge in [-0.2, -0.15) is 10.5 Å². The number of carbonyl (C=O) groups excluding carboxylic acids is 1.